The van der Waals surface area contributed by atoms with Crippen LogP contribution < -0.4 is 0 Å². The fourth-order valence-electron chi connectivity index (χ4n) is 5.23. The molecule has 24 heterocycles. The van der Waals surface area contributed by atoms with Gasteiger partial charge in [0.25, 0.3) is 0 Å². The number of furan rings is 1. The maximum atomic E-state index is 4.58. The predicted molar refractivity (Wildman–Crippen MR) is 496 cm³/mol. The molecule has 19 aromatic rings. The second kappa shape index (κ2) is 108. The van der Waals surface area contributed by atoms with Crippen molar-refractivity contribution < 1.29 is 31.4 Å². The molecule has 6 aliphatic rings. The number of azo groups is 1. The lowest BCUT2D eigenvalue weighted by atomic mass is 10.5. The van der Waals surface area contributed by atoms with E-state index in [2.05, 4.69) is 245 Å². The molecule has 0 saturated heterocycles. The Balaban J connectivity index is 0.000000677. The van der Waals surface area contributed by atoms with Crippen molar-refractivity contribution in [3.8, 4) is 0 Å². The number of aromatic nitrogens is 29. The van der Waals surface area contributed by atoms with E-state index in [0.29, 0.717) is 6.54 Å². The SMILES string of the molecule is C1=CCC=C1.C1=CCN=C1.C1=CN=CC1.C1=CN=NC1.C1=NN=CC1.C1=NN=NC1.c1ccncc1.c1ccnnc1.c1ccoc1.c1ccsc1.c1cnccn1.c1cncnc1.c1cncnc1.c1cnoc1.c1cnon1.c1cnsc1.c1cnsn1.c1cocn1.c1conn1.c1cscn1.c1csnn1.c1ncon1.c1ncsn1.c1nnco1.c1nncs1. The van der Waals surface area contributed by atoms with E-state index in [0.717, 1.165) is 32.4 Å². The first kappa shape index (κ1) is 111. The normalized spacial score (nSPS) is 10.2. The Morgan fingerprint density at radius 2 is 1.01 bits per heavy atom. The molecule has 0 aromatic carbocycles. The summed E-state index contributed by atoms with van der Waals surface area (Å²) in [6, 6.07) is 24.3. The van der Waals surface area contributed by atoms with Crippen molar-refractivity contribution in [1.82, 2.24) is 143 Å². The van der Waals surface area contributed by atoms with Crippen LogP contribution >= 0.6 is 80.3 Å². The molecule has 1 aliphatic carbocycles. The highest BCUT2D eigenvalue weighted by atomic mass is 32.1. The summed E-state index contributed by atoms with van der Waals surface area (Å²) in [6.07, 6.45) is 86.6. The first-order valence-electron chi connectivity index (χ1n) is 36.1. The number of hydrogen-bond acceptors (Lipinski definition) is 52. The van der Waals surface area contributed by atoms with Gasteiger partial charge in [0.2, 0.25) is 19.2 Å². The average molecular weight is 1890 g/mol. The third kappa shape index (κ3) is 105. The maximum absolute atomic E-state index is 4.58. The third-order valence-corrected chi connectivity index (χ3v) is 13.4. The van der Waals surface area contributed by atoms with Crippen molar-refractivity contribution in [3.63, 3.8) is 0 Å². The second-order valence-corrected chi connectivity index (χ2v) is 23.8. The number of aliphatic imine (C=N–C) groups is 2. The summed E-state index contributed by atoms with van der Waals surface area (Å²) in [5.74, 6) is 0. The standard InChI is InChI=1S/C5H5N.C5H6.4C4H4N2.2C4H5N.C4H4O.C4H4S.2C3H4N2.2C3H3NO.2C3H3NS.C2H3N3.4C2H2N2O.4C2H2N2S/c1-2-4-6-5-3-1;1-2-4-5-3-1;1-2-6-4-3-5-1;2*1-2-5-4-6-3-1;1-2-4-6-5-3-1;6*1-2-4-5-3-1;1-2-5-3-4-1;1-2-4-5-3-1;1-2-5-3-4-1;2*1-2-4-5-3-1;1-3-4-2-5-1;1-3-2-5-4-1;1-2-5-4-3-1;1-2-4-5-3-1;1-3-4-2-5-1;1-3-2-5-4-1;1-2-5-4-3-1;1-2-4-5-3-1/h1-5H;1-4H,5H2;4*1-4H;1,3-4H,2H2;1-3H,4H2;2*1-4H;2-3H,1H2;1-2H,3H2;4*1-3H;1H,2H2;8*1-2H. The number of pyridine rings is 1. The van der Waals surface area contributed by atoms with Gasteiger partial charge < -0.3 is 26.8 Å². The van der Waals surface area contributed by atoms with E-state index in [4.69, 9.17) is 0 Å². The Labute approximate surface area is 773 Å². The zero-order valence-corrected chi connectivity index (χ0v) is 74.2. The maximum Gasteiger partial charge on any atom is 0.213 e. The monoisotopic (exact) mass is 1890 g/mol. The van der Waals surface area contributed by atoms with Crippen molar-refractivity contribution in [1.29, 1.82) is 0 Å². The highest BCUT2D eigenvalue weighted by Crippen LogP contribution is 1.95. The molecule has 0 spiro atoms. The Morgan fingerprint density at radius 3 is 1.19 bits per heavy atom. The van der Waals surface area contributed by atoms with Crippen LogP contribution in [0.3, 0.4) is 0 Å². The Bertz CT molecular complexity index is 3670. The number of thiazole rings is 1. The summed E-state index contributed by atoms with van der Waals surface area (Å²) in [7, 11) is 0. The lowest BCUT2D eigenvalue weighted by Gasteiger charge is -1.70. The summed E-state index contributed by atoms with van der Waals surface area (Å²) in [6.45, 7) is 2.33. The highest BCUT2D eigenvalue weighted by Gasteiger charge is 1.79. The highest BCUT2D eigenvalue weighted by molar-refractivity contribution is 7.08. The van der Waals surface area contributed by atoms with Crippen LogP contribution in [-0.4, -0.2) is 194 Å². The summed E-state index contributed by atoms with van der Waals surface area (Å²) < 4.78 is 48.5. The van der Waals surface area contributed by atoms with Gasteiger partial charge in [-0.2, -0.15) is 60.2 Å². The minimum absolute atomic E-state index is 0.667. The molecular formula is C78H84N38O7S7. The van der Waals surface area contributed by atoms with Crippen molar-refractivity contribution in [3.05, 3.63) is 407 Å². The van der Waals surface area contributed by atoms with Gasteiger partial charge in [-0.3, -0.25) is 29.9 Å². The molecule has 0 amide bonds. The number of allylic oxidation sites excluding steroid dienone is 6. The number of oxazole rings is 1. The van der Waals surface area contributed by atoms with Crippen molar-refractivity contribution in [2.75, 3.05) is 19.6 Å². The van der Waals surface area contributed by atoms with Gasteiger partial charge in [-0.1, -0.05) is 79.8 Å². The van der Waals surface area contributed by atoms with Gasteiger partial charge in [-0.15, -0.1) is 58.4 Å². The van der Waals surface area contributed by atoms with Gasteiger partial charge in [0, 0.05) is 158 Å². The Hall–Kier alpha value is -16.8. The topological polar surface area (TPSA) is 577 Å². The molecule has 0 atom stereocenters. The molecule has 0 fully saturated rings. The van der Waals surface area contributed by atoms with Gasteiger partial charge >= 0.3 is 0 Å². The molecule has 0 radical (unpaired) electrons. The van der Waals surface area contributed by atoms with Crippen LogP contribution in [0.2, 0.25) is 0 Å². The van der Waals surface area contributed by atoms with E-state index in [1.807, 2.05) is 118 Å². The van der Waals surface area contributed by atoms with E-state index in [9.17, 15) is 0 Å². The zero-order valence-electron chi connectivity index (χ0n) is 68.5. The molecule has 5 aliphatic heterocycles. The van der Waals surface area contributed by atoms with E-state index < -0.39 is 0 Å². The first-order chi connectivity index (χ1) is 65.0. The molecule has 130 heavy (non-hydrogen) atoms. The first-order valence-corrected chi connectivity index (χ1v) is 42.2. The van der Waals surface area contributed by atoms with Crippen LogP contribution in [0.15, 0.2) is 485 Å². The lowest BCUT2D eigenvalue weighted by Crippen LogP contribution is -1.69. The second-order valence-electron chi connectivity index (χ2n) is 19.0. The summed E-state index contributed by atoms with van der Waals surface area (Å²) in [5, 5.41) is 77.7. The fourth-order valence-corrected chi connectivity index (χ4v) is 7.47. The minimum atomic E-state index is 0.667. The molecule has 52 heteroatoms. The van der Waals surface area contributed by atoms with Crippen LogP contribution in [0.1, 0.15) is 19.3 Å². The molecule has 670 valence electrons. The van der Waals surface area contributed by atoms with Crippen molar-refractivity contribution >= 4 is 111 Å². The summed E-state index contributed by atoms with van der Waals surface area (Å²) >= 11 is 10.2. The van der Waals surface area contributed by atoms with Crippen LogP contribution in [0.5, 0.6) is 0 Å². The number of rotatable bonds is 0. The minimum Gasteiger partial charge on any atom is -0.473 e. The molecule has 0 bridgehead atoms. The molecular weight excluding hydrogens is 1810 g/mol. The van der Waals surface area contributed by atoms with Crippen LogP contribution in [0.25, 0.3) is 0 Å². The van der Waals surface area contributed by atoms with E-state index in [-0.39, 0.29) is 0 Å². The quantitative estimate of drug-likeness (QED) is 0.136. The van der Waals surface area contributed by atoms with E-state index >= 15 is 0 Å². The van der Waals surface area contributed by atoms with E-state index in [1.54, 1.807) is 230 Å². The number of thiophene rings is 1. The van der Waals surface area contributed by atoms with Gasteiger partial charge in [0.15, 0.2) is 12.7 Å². The fraction of sp³-hybridized carbons (Fsp3) is 0.0769. The average Bonchev–Trinajstić information content (AvgIpc) is 2.05. The molecule has 45 nitrogen and oxygen atoms in total. The Kier molecular flexibility index (Phi) is 92.6. The van der Waals surface area contributed by atoms with Gasteiger partial charge in [0.1, 0.15) is 54.3 Å². The van der Waals surface area contributed by atoms with E-state index in [1.165, 1.54) is 146 Å². The zero-order chi connectivity index (χ0) is 91.9. The van der Waals surface area contributed by atoms with Crippen LogP contribution in [0, 0.1) is 0 Å². The van der Waals surface area contributed by atoms with Crippen molar-refractivity contribution in [2.45, 2.75) is 19.3 Å². The molecule has 0 N–H and O–H groups in total. The van der Waals surface area contributed by atoms with Gasteiger partial charge in [0.05, 0.1) is 105 Å². The van der Waals surface area contributed by atoms with Crippen molar-refractivity contribution in [2.24, 2.45) is 45.9 Å². The van der Waals surface area contributed by atoms with Crippen LogP contribution in [0.4, 0.5) is 0 Å². The third-order valence-electron chi connectivity index (χ3n) is 9.96. The van der Waals surface area contributed by atoms with Gasteiger partial charge in [-0.05, 0) is 130 Å². The molecule has 0 saturated carbocycles. The molecule has 25 rings (SSSR count). The lowest BCUT2D eigenvalue weighted by molar-refractivity contribution is 0.307. The molecule has 0 unspecified atom stereocenters. The van der Waals surface area contributed by atoms with Crippen LogP contribution in [-0.2, 0) is 0 Å². The summed E-state index contributed by atoms with van der Waals surface area (Å²) in [4.78, 5) is 47.9. The number of hydrogen-bond donors (Lipinski definition) is 0. The van der Waals surface area contributed by atoms with Gasteiger partial charge in [-0.25, -0.2) is 43.9 Å². The Morgan fingerprint density at radius 1 is 0.285 bits per heavy atom. The smallest absolute Gasteiger partial charge is 0.213 e. The predicted octanol–water partition coefficient (Wildman–Crippen LogP) is 17.0. The largest absolute Gasteiger partial charge is 0.473 e. The summed E-state index contributed by atoms with van der Waals surface area (Å²) in [5.41, 5.74) is 6.83. The molecule has 19 aromatic heterocycles. The number of nitrogens with zero attached hydrogens (tertiary/aromatic N) is 38.